The highest BCUT2D eigenvalue weighted by Crippen LogP contribution is 2.41. The van der Waals surface area contributed by atoms with Gasteiger partial charge in [0.1, 0.15) is 41.7 Å². The summed E-state index contributed by atoms with van der Waals surface area (Å²) >= 11 is 0. The number of nitrogens with zero attached hydrogens (tertiary/aromatic N) is 6. The fourth-order valence-electron chi connectivity index (χ4n) is 6.18. The Morgan fingerprint density at radius 3 is 1.94 bits per heavy atom. The fraction of sp³-hybridized carbons (Fsp3) is 0.606. The van der Waals surface area contributed by atoms with Gasteiger partial charge in [0.2, 0.25) is 5.95 Å². The maximum Gasteiger partial charge on any atom is 0.279 e. The second kappa shape index (κ2) is 15.1. The number of anilines is 1. The van der Waals surface area contributed by atoms with Crippen LogP contribution in [0.1, 0.15) is 44.4 Å². The van der Waals surface area contributed by atoms with Crippen molar-refractivity contribution in [3.05, 3.63) is 44.6 Å². The van der Waals surface area contributed by atoms with Gasteiger partial charge in [-0.25, -0.2) is 15.0 Å². The molecule has 0 spiro atoms. The molecule has 7 N–H and O–H groups in total. The van der Waals surface area contributed by atoms with Gasteiger partial charge in [-0.1, -0.05) is 7.43 Å². The van der Waals surface area contributed by atoms with Gasteiger partial charge in [0.25, 0.3) is 11.1 Å². The molecule has 2 fully saturated rings. The molecule has 0 amide bonds. The average molecular weight is 753 g/mol. The number of aliphatic hydroxyl groups excluding tert-OH is 4. The summed E-state index contributed by atoms with van der Waals surface area (Å²) < 4.78 is 16.3. The number of aryl methyl sites for hydroxylation is 2. The van der Waals surface area contributed by atoms with Crippen molar-refractivity contribution in [1.29, 1.82) is 0 Å². The first-order valence-electron chi connectivity index (χ1n) is 16.3. The fourth-order valence-corrected chi connectivity index (χ4v) is 8.09. The molecule has 6 heterocycles. The Morgan fingerprint density at radius 1 is 0.863 bits per heavy atom. The molecule has 284 valence electrons. The third-order valence-electron chi connectivity index (χ3n) is 9.11. The van der Waals surface area contributed by atoms with Gasteiger partial charge in [-0.3, -0.25) is 18.7 Å². The largest absolute Gasteiger partial charge is 0.388 e. The molecule has 51 heavy (non-hydrogen) atoms. The lowest BCUT2D eigenvalue weighted by Crippen LogP contribution is -2.32. The van der Waals surface area contributed by atoms with Crippen molar-refractivity contribution in [3.8, 4) is 0 Å². The Labute approximate surface area is 297 Å². The highest BCUT2D eigenvalue weighted by Gasteiger charge is 2.45. The molecule has 0 aliphatic carbocycles. The van der Waals surface area contributed by atoms with Gasteiger partial charge in [-0.05, 0) is 71.7 Å². The van der Waals surface area contributed by atoms with E-state index in [4.69, 9.17) is 15.2 Å². The van der Waals surface area contributed by atoms with Crippen molar-refractivity contribution in [1.82, 2.24) is 33.6 Å². The van der Waals surface area contributed by atoms with E-state index in [1.165, 1.54) is 9.13 Å². The lowest BCUT2D eigenvalue weighted by molar-refractivity contribution is -0.0350. The number of fused-ring (bicyclic) bond motifs is 2. The van der Waals surface area contributed by atoms with Crippen LogP contribution >= 0.6 is 13.8 Å². The molecule has 0 saturated carbocycles. The van der Waals surface area contributed by atoms with Gasteiger partial charge in [-0.2, -0.15) is 0 Å². The van der Waals surface area contributed by atoms with Gasteiger partial charge >= 0.3 is 0 Å². The van der Waals surface area contributed by atoms with Gasteiger partial charge in [-0.15, -0.1) is 26.4 Å². The minimum Gasteiger partial charge on any atom is -0.388 e. The summed E-state index contributed by atoms with van der Waals surface area (Å²) in [5.74, 6) is 0.970. The average Bonchev–Trinajstić information content (AvgIpc) is 3.73. The van der Waals surface area contributed by atoms with Crippen molar-refractivity contribution >= 4 is 54.5 Å². The number of hydrogen-bond acceptors (Lipinski definition) is 12. The minimum absolute atomic E-state index is 0. The number of imidazole rings is 1. The third kappa shape index (κ3) is 8.44. The summed E-state index contributed by atoms with van der Waals surface area (Å²) in [6, 6.07) is 1.67. The Balaban J connectivity index is 0.000000224. The van der Waals surface area contributed by atoms with Crippen LogP contribution in [0.5, 0.6) is 0 Å². The number of hydrogen-bond donors (Lipinski definition) is 6. The summed E-state index contributed by atoms with van der Waals surface area (Å²) in [5, 5.41) is 42.1. The molecule has 2 aliphatic heterocycles. The second-order valence-corrected chi connectivity index (χ2v) is 23.3. The van der Waals surface area contributed by atoms with Gasteiger partial charge in [0.15, 0.2) is 23.6 Å². The van der Waals surface area contributed by atoms with E-state index in [-0.39, 0.29) is 30.1 Å². The van der Waals surface area contributed by atoms with E-state index in [1.54, 1.807) is 37.7 Å². The zero-order chi connectivity index (χ0) is 37.0. The molecular formula is C33H54N8O8P2. The summed E-state index contributed by atoms with van der Waals surface area (Å²) in [7, 11) is 1.67. The van der Waals surface area contributed by atoms with E-state index in [2.05, 4.69) is 59.2 Å². The number of aromatic nitrogens is 7. The van der Waals surface area contributed by atoms with Crippen molar-refractivity contribution in [2.45, 2.75) is 83.2 Å². The molecule has 2 saturated heterocycles. The smallest absolute Gasteiger partial charge is 0.279 e. The van der Waals surface area contributed by atoms with Crippen LogP contribution in [0.2, 0.25) is 0 Å². The van der Waals surface area contributed by atoms with Gasteiger partial charge in [0.05, 0.1) is 17.6 Å². The molecule has 2 aliphatic rings. The number of H-pyrrole nitrogens is 1. The van der Waals surface area contributed by atoms with Crippen LogP contribution in [0, 0.1) is 13.8 Å². The van der Waals surface area contributed by atoms with E-state index in [0.717, 1.165) is 12.3 Å². The normalized spacial score (nSPS) is 26.7. The molecule has 8 atom stereocenters. The SMILES string of the molecule is C.C=P(C)(C)CC[C@H]1O[C@@H](n2c(N)nc3c(=O)[nH]c(C)nc32)[C@H](O)[C@@H]1O.C=P(C)(C)CC[C@H]1O[C@@H](n2ccc3c(=O)n(C)c(C)nc32)[C@H](O)[C@@H]1O. The lowest BCUT2D eigenvalue weighted by Gasteiger charge is -2.19. The van der Waals surface area contributed by atoms with Crippen molar-refractivity contribution in [3.63, 3.8) is 0 Å². The van der Waals surface area contributed by atoms with Crippen molar-refractivity contribution in [2.24, 2.45) is 7.05 Å². The Bertz CT molecular complexity index is 2100. The first-order chi connectivity index (χ1) is 23.2. The van der Waals surface area contributed by atoms with Crippen LogP contribution in [-0.2, 0) is 16.5 Å². The number of ether oxygens (including phenoxy) is 2. The molecule has 4 aromatic rings. The molecule has 16 nitrogen and oxygen atoms in total. The molecular weight excluding hydrogens is 698 g/mol. The van der Waals surface area contributed by atoms with Gasteiger partial charge < -0.3 is 45.2 Å². The molecule has 0 bridgehead atoms. The lowest BCUT2D eigenvalue weighted by atomic mass is 10.1. The number of rotatable bonds is 8. The van der Waals surface area contributed by atoms with E-state index < -0.39 is 68.4 Å². The summed E-state index contributed by atoms with van der Waals surface area (Å²) in [4.78, 5) is 39.7. The minimum atomic E-state index is -1.28. The summed E-state index contributed by atoms with van der Waals surface area (Å²) in [5.41, 5.74) is 6.13. The predicted octanol–water partition coefficient (Wildman–Crippen LogP) is 1.13. The van der Waals surface area contributed by atoms with E-state index in [0.29, 0.717) is 35.5 Å². The highest BCUT2D eigenvalue weighted by atomic mass is 31.2. The van der Waals surface area contributed by atoms with E-state index in [1.807, 2.05) is 0 Å². The van der Waals surface area contributed by atoms with E-state index in [9.17, 15) is 30.0 Å². The zero-order valence-electron chi connectivity index (χ0n) is 29.6. The van der Waals surface area contributed by atoms with Crippen molar-refractivity contribution < 1.29 is 29.9 Å². The number of nitrogens with two attached hydrogens (primary N) is 1. The van der Waals surface area contributed by atoms with Gasteiger partial charge in [0, 0.05) is 13.2 Å². The Morgan fingerprint density at radius 2 is 1.39 bits per heavy atom. The maximum absolute atomic E-state index is 12.4. The maximum atomic E-state index is 12.4. The van der Waals surface area contributed by atoms with Crippen LogP contribution in [0.4, 0.5) is 5.95 Å². The predicted molar refractivity (Wildman–Crippen MR) is 206 cm³/mol. The van der Waals surface area contributed by atoms with Crippen LogP contribution in [0.3, 0.4) is 0 Å². The quantitative estimate of drug-likeness (QED) is 0.139. The van der Waals surface area contributed by atoms with Crippen LogP contribution in [0.25, 0.3) is 22.2 Å². The molecule has 6 rings (SSSR count). The molecule has 4 aromatic heterocycles. The topological polar surface area (TPSA) is 229 Å². The summed E-state index contributed by atoms with van der Waals surface area (Å²) in [6.07, 6.45) is 5.92. The van der Waals surface area contributed by atoms with Crippen LogP contribution in [-0.4, -0.2) is 142 Å². The monoisotopic (exact) mass is 752 g/mol. The highest BCUT2D eigenvalue weighted by molar-refractivity contribution is 7.72. The van der Waals surface area contributed by atoms with Crippen molar-refractivity contribution in [2.75, 3.05) is 44.7 Å². The zero-order valence-corrected chi connectivity index (χ0v) is 31.4. The summed E-state index contributed by atoms with van der Waals surface area (Å²) in [6.45, 7) is 9.33. The Kier molecular flexibility index (Phi) is 12.1. The number of aliphatic hydroxyl groups is 4. The second-order valence-electron chi connectivity index (χ2n) is 14.6. The number of nitrogens with one attached hydrogen (secondary N) is 1. The first kappa shape index (κ1) is 40.7. The Hall–Kier alpha value is -3.07. The first-order valence-corrected chi connectivity index (χ1v) is 22.5. The number of aromatic amines is 1. The number of nitrogen functional groups attached to an aromatic ring is 1. The standard InChI is InChI=1S/C17H26N3O4P.C15H24N5O4P.CH4/c1-10-18-15-11(16(23)19(10)2)6-8-20(15)17-14(22)13(21)12(24-17)7-9-25(3,4)5;1-7-17-12-9(13(23)18-7)19-15(16)20(12)14-11(22)10(21)8(24-14)5-6-25(2,3)4;/h6,8,12-14,17,21-22H,3,7,9H2,1-2,4-5H3;8,10-11,14,21-22H,2,5-6H2,1,3-4H3,(H2,16,19)(H,17,18,23);1H4/t12-,13-,14-,17-;8-,10-,11-,14-;/m11./s1. The third-order valence-corrected chi connectivity index (χ3v) is 12.1. The van der Waals surface area contributed by atoms with Crippen LogP contribution in [0.15, 0.2) is 21.9 Å². The van der Waals surface area contributed by atoms with E-state index >= 15 is 0 Å². The molecule has 0 aromatic carbocycles. The molecule has 0 radical (unpaired) electrons. The molecule has 0 unspecified atom stereocenters. The molecule has 18 heteroatoms. The van der Waals surface area contributed by atoms with Crippen LogP contribution < -0.4 is 16.9 Å².